The lowest BCUT2D eigenvalue weighted by Gasteiger charge is -2.11. The lowest BCUT2D eigenvalue weighted by Crippen LogP contribution is -2.06. The minimum absolute atomic E-state index is 0.304. The summed E-state index contributed by atoms with van der Waals surface area (Å²) < 4.78 is 0. The largest absolute Gasteiger partial charge is 0.478 e. The molecule has 0 aliphatic heterocycles. The molecule has 1 atom stereocenters. The average molecular weight is 262 g/mol. The molecule has 4 heteroatoms. The second-order valence-electron chi connectivity index (χ2n) is 4.73. The van der Waals surface area contributed by atoms with Gasteiger partial charge in [-0.3, -0.25) is 4.98 Å². The van der Waals surface area contributed by atoms with E-state index in [0.717, 1.165) is 24.1 Å². The normalized spacial score (nSPS) is 18.0. The van der Waals surface area contributed by atoms with E-state index in [2.05, 4.69) is 11.9 Å². The fraction of sp³-hybridized carbons (Fsp3) is 0.286. The van der Waals surface area contributed by atoms with Gasteiger partial charge in [0.1, 0.15) is 0 Å². The van der Waals surface area contributed by atoms with E-state index in [9.17, 15) is 9.90 Å². The van der Waals surface area contributed by atoms with Gasteiger partial charge in [-0.05, 0) is 30.4 Å². The van der Waals surface area contributed by atoms with Crippen molar-refractivity contribution >= 4 is 28.5 Å². The molecule has 1 heterocycles. The third-order valence-corrected chi connectivity index (χ3v) is 3.91. The van der Waals surface area contributed by atoms with Crippen LogP contribution >= 0.6 is 11.6 Å². The molecule has 3 nitrogen and oxygen atoms in total. The van der Waals surface area contributed by atoms with Crippen LogP contribution in [-0.2, 0) is 6.42 Å². The maximum atomic E-state index is 11.5. The first-order valence-corrected chi connectivity index (χ1v) is 6.31. The highest BCUT2D eigenvalue weighted by Crippen LogP contribution is 2.38. The Balaban J connectivity index is 2.48. The molecule has 1 unspecified atom stereocenters. The van der Waals surface area contributed by atoms with E-state index in [1.54, 1.807) is 18.2 Å². The predicted molar refractivity (Wildman–Crippen MR) is 70.4 cm³/mol. The van der Waals surface area contributed by atoms with Crippen molar-refractivity contribution < 1.29 is 9.90 Å². The smallest absolute Gasteiger partial charge is 0.336 e. The topological polar surface area (TPSA) is 50.2 Å². The van der Waals surface area contributed by atoms with Crippen molar-refractivity contribution in [3.05, 3.63) is 40.0 Å². The Labute approximate surface area is 109 Å². The van der Waals surface area contributed by atoms with Gasteiger partial charge in [0, 0.05) is 11.1 Å². The molecule has 0 fully saturated rings. The zero-order valence-corrected chi connectivity index (χ0v) is 10.7. The second-order valence-corrected chi connectivity index (χ2v) is 5.14. The molecule has 0 bridgehead atoms. The first-order chi connectivity index (χ1) is 8.59. The minimum Gasteiger partial charge on any atom is -0.478 e. The number of carboxylic acids is 1. The van der Waals surface area contributed by atoms with Crippen LogP contribution in [0, 0.1) is 0 Å². The van der Waals surface area contributed by atoms with E-state index < -0.39 is 5.97 Å². The molecule has 1 aromatic heterocycles. The molecule has 1 aliphatic rings. The Morgan fingerprint density at radius 3 is 3.00 bits per heavy atom. The molecule has 18 heavy (non-hydrogen) atoms. The van der Waals surface area contributed by atoms with Crippen molar-refractivity contribution in [1.82, 2.24) is 4.98 Å². The molecule has 0 saturated carbocycles. The van der Waals surface area contributed by atoms with E-state index >= 15 is 0 Å². The summed E-state index contributed by atoms with van der Waals surface area (Å²) in [7, 11) is 0. The number of hydrogen-bond acceptors (Lipinski definition) is 2. The van der Waals surface area contributed by atoms with Gasteiger partial charge in [0.05, 0.1) is 16.1 Å². The summed E-state index contributed by atoms with van der Waals surface area (Å²) in [5.41, 5.74) is 2.75. The minimum atomic E-state index is -0.894. The number of hydrogen-bond donors (Lipinski definition) is 1. The number of para-hydroxylation sites is 1. The van der Waals surface area contributed by atoms with Gasteiger partial charge < -0.3 is 5.11 Å². The zero-order chi connectivity index (χ0) is 12.9. The summed E-state index contributed by atoms with van der Waals surface area (Å²) in [5, 5.41) is 10.6. The van der Waals surface area contributed by atoms with E-state index in [4.69, 9.17) is 11.6 Å². The molecule has 3 rings (SSSR count). The zero-order valence-electron chi connectivity index (χ0n) is 9.90. The van der Waals surface area contributed by atoms with Gasteiger partial charge in [-0.25, -0.2) is 4.79 Å². The number of aromatic carboxylic acids is 1. The number of carboxylic acid groups (broad SMARTS) is 1. The van der Waals surface area contributed by atoms with Gasteiger partial charge in [-0.1, -0.05) is 30.7 Å². The molecule has 1 aliphatic carbocycles. The fourth-order valence-corrected chi connectivity index (χ4v) is 2.93. The van der Waals surface area contributed by atoms with Crippen molar-refractivity contribution in [1.29, 1.82) is 0 Å². The number of carbonyl (C=O) groups is 1. The summed E-state index contributed by atoms with van der Waals surface area (Å²) in [4.78, 5) is 16.1. The Morgan fingerprint density at radius 1 is 1.50 bits per heavy atom. The SMILES string of the molecule is CC1CCc2c1nc1c(Cl)cccc1c2C(=O)O. The summed E-state index contributed by atoms with van der Waals surface area (Å²) in [5.74, 6) is -0.589. The van der Waals surface area contributed by atoms with Crippen LogP contribution in [0.4, 0.5) is 0 Å². The third-order valence-electron chi connectivity index (χ3n) is 3.61. The van der Waals surface area contributed by atoms with Crippen LogP contribution in [0.2, 0.25) is 5.02 Å². The second kappa shape index (κ2) is 3.95. The predicted octanol–water partition coefficient (Wildman–Crippen LogP) is 3.64. The number of pyridine rings is 1. The first-order valence-electron chi connectivity index (χ1n) is 5.94. The van der Waals surface area contributed by atoms with Crippen LogP contribution in [0.5, 0.6) is 0 Å². The summed E-state index contributed by atoms with van der Waals surface area (Å²) in [6, 6.07) is 5.29. The summed E-state index contributed by atoms with van der Waals surface area (Å²) in [6.45, 7) is 2.08. The Bertz CT molecular complexity index is 666. The average Bonchev–Trinajstić information content (AvgIpc) is 2.69. The Hall–Kier alpha value is -1.61. The van der Waals surface area contributed by atoms with Gasteiger partial charge in [0.15, 0.2) is 0 Å². The third kappa shape index (κ3) is 1.51. The molecule has 1 aromatic carbocycles. The van der Waals surface area contributed by atoms with Crippen molar-refractivity contribution in [3.63, 3.8) is 0 Å². The Morgan fingerprint density at radius 2 is 2.28 bits per heavy atom. The van der Waals surface area contributed by atoms with Gasteiger partial charge in [-0.2, -0.15) is 0 Å². The quantitative estimate of drug-likeness (QED) is 0.853. The summed E-state index contributed by atoms with van der Waals surface area (Å²) >= 11 is 6.13. The molecule has 0 amide bonds. The molecule has 0 radical (unpaired) electrons. The van der Waals surface area contributed by atoms with E-state index in [-0.39, 0.29) is 0 Å². The maximum Gasteiger partial charge on any atom is 0.336 e. The number of fused-ring (bicyclic) bond motifs is 2. The Kier molecular flexibility index (Phi) is 2.52. The molecule has 0 saturated heterocycles. The molecule has 1 N–H and O–H groups in total. The van der Waals surface area contributed by atoms with Gasteiger partial charge >= 0.3 is 5.97 Å². The molecular weight excluding hydrogens is 250 g/mol. The van der Waals surface area contributed by atoms with Crippen LogP contribution in [-0.4, -0.2) is 16.1 Å². The van der Waals surface area contributed by atoms with Gasteiger partial charge in [-0.15, -0.1) is 0 Å². The number of aromatic nitrogens is 1. The van der Waals surface area contributed by atoms with Crippen LogP contribution in [0.1, 0.15) is 40.9 Å². The number of rotatable bonds is 1. The van der Waals surface area contributed by atoms with Crippen molar-refractivity contribution in [2.24, 2.45) is 0 Å². The van der Waals surface area contributed by atoms with Gasteiger partial charge in [0.25, 0.3) is 0 Å². The summed E-state index contributed by atoms with van der Waals surface area (Å²) in [6.07, 6.45) is 1.74. The van der Waals surface area contributed by atoms with Crippen LogP contribution < -0.4 is 0 Å². The molecule has 0 spiro atoms. The molecular formula is C14H12ClNO2. The standard InChI is InChI=1S/C14H12ClNO2/c1-7-5-6-9-11(14(17)18)8-3-2-4-10(15)13(8)16-12(7)9/h2-4,7H,5-6H2,1H3,(H,17,18). The molecule has 92 valence electrons. The van der Waals surface area contributed by atoms with E-state index in [0.29, 0.717) is 27.4 Å². The number of halogens is 1. The maximum absolute atomic E-state index is 11.5. The van der Waals surface area contributed by atoms with Gasteiger partial charge in [0.2, 0.25) is 0 Å². The highest BCUT2D eigenvalue weighted by molar-refractivity contribution is 6.35. The van der Waals surface area contributed by atoms with Crippen molar-refractivity contribution in [2.45, 2.75) is 25.7 Å². The van der Waals surface area contributed by atoms with Crippen molar-refractivity contribution in [3.8, 4) is 0 Å². The van der Waals surface area contributed by atoms with E-state index in [1.165, 1.54) is 0 Å². The van der Waals surface area contributed by atoms with Crippen LogP contribution in [0.25, 0.3) is 10.9 Å². The fourth-order valence-electron chi connectivity index (χ4n) is 2.71. The lowest BCUT2D eigenvalue weighted by molar-refractivity contribution is 0.0698. The molecule has 2 aromatic rings. The first kappa shape index (κ1) is 11.5. The number of nitrogens with zero attached hydrogens (tertiary/aromatic N) is 1. The monoisotopic (exact) mass is 261 g/mol. The number of benzene rings is 1. The van der Waals surface area contributed by atoms with Crippen LogP contribution in [0.3, 0.4) is 0 Å². The van der Waals surface area contributed by atoms with Crippen molar-refractivity contribution in [2.75, 3.05) is 0 Å². The highest BCUT2D eigenvalue weighted by atomic mass is 35.5. The lowest BCUT2D eigenvalue weighted by atomic mass is 10.0. The highest BCUT2D eigenvalue weighted by Gasteiger charge is 2.28. The van der Waals surface area contributed by atoms with Crippen LogP contribution in [0.15, 0.2) is 18.2 Å². The van der Waals surface area contributed by atoms with E-state index in [1.807, 2.05) is 0 Å².